The maximum atomic E-state index is 12.2. The molecule has 112 valence electrons. The third kappa shape index (κ3) is 3.58. The van der Waals surface area contributed by atoms with E-state index >= 15 is 0 Å². The predicted molar refractivity (Wildman–Crippen MR) is 74.1 cm³/mol. The van der Waals surface area contributed by atoms with Crippen LogP contribution >= 0.6 is 11.6 Å². The molecule has 0 bridgehead atoms. The number of carbonyl (C=O) groups is 1. The van der Waals surface area contributed by atoms with E-state index in [2.05, 4.69) is 9.84 Å². The number of Topliss-reactive ketones (excluding diaryl/α,β-unsaturated/α-hetero) is 1. The third-order valence-corrected chi connectivity index (χ3v) is 3.46. The molecule has 0 aliphatic carbocycles. The molecule has 2 rings (SSSR count). The highest BCUT2D eigenvalue weighted by Gasteiger charge is 2.16. The van der Waals surface area contributed by atoms with E-state index in [-0.39, 0.29) is 23.5 Å². The lowest BCUT2D eigenvalue weighted by Gasteiger charge is -2.07. The van der Waals surface area contributed by atoms with E-state index in [1.54, 1.807) is 14.0 Å². The van der Waals surface area contributed by atoms with Crippen molar-refractivity contribution in [2.75, 3.05) is 0 Å². The number of aromatic nitrogens is 2. The molecule has 4 nitrogen and oxygen atoms in total. The van der Waals surface area contributed by atoms with Crippen molar-refractivity contribution in [2.45, 2.75) is 20.0 Å². The first-order chi connectivity index (χ1) is 9.88. The van der Waals surface area contributed by atoms with Crippen molar-refractivity contribution in [1.82, 2.24) is 9.78 Å². The molecule has 0 amide bonds. The zero-order valence-corrected chi connectivity index (χ0v) is 12.2. The van der Waals surface area contributed by atoms with E-state index in [1.807, 2.05) is 0 Å². The van der Waals surface area contributed by atoms with Crippen LogP contribution in [-0.2, 0) is 13.5 Å². The molecule has 0 fully saturated rings. The lowest BCUT2D eigenvalue weighted by atomic mass is 10.1. The fourth-order valence-corrected chi connectivity index (χ4v) is 2.20. The summed E-state index contributed by atoms with van der Waals surface area (Å²) in [7, 11) is 1.69. The van der Waals surface area contributed by atoms with Crippen molar-refractivity contribution in [3.8, 4) is 5.75 Å². The number of hydrogen-bond acceptors (Lipinski definition) is 3. The van der Waals surface area contributed by atoms with Gasteiger partial charge in [0.2, 0.25) is 0 Å². The molecule has 1 heterocycles. The van der Waals surface area contributed by atoms with Crippen molar-refractivity contribution in [3.63, 3.8) is 0 Å². The second-order valence-corrected chi connectivity index (χ2v) is 4.85. The Morgan fingerprint density at radius 2 is 2.19 bits per heavy atom. The number of ether oxygens (including phenoxy) is 1. The average molecular weight is 315 g/mol. The Morgan fingerprint density at radius 3 is 2.76 bits per heavy atom. The second-order valence-electron chi connectivity index (χ2n) is 4.48. The van der Waals surface area contributed by atoms with Gasteiger partial charge >= 0.3 is 6.61 Å². The summed E-state index contributed by atoms with van der Waals surface area (Å²) < 4.78 is 30.2. The van der Waals surface area contributed by atoms with Crippen LogP contribution in [-0.4, -0.2) is 22.2 Å². The van der Waals surface area contributed by atoms with Gasteiger partial charge in [-0.2, -0.15) is 13.9 Å². The van der Waals surface area contributed by atoms with Gasteiger partial charge in [-0.3, -0.25) is 9.48 Å². The van der Waals surface area contributed by atoms with Crippen LogP contribution in [0.15, 0.2) is 24.3 Å². The maximum absolute atomic E-state index is 12.2. The first kappa shape index (κ1) is 15.4. The Bertz CT molecular complexity index is 671. The Hall–Kier alpha value is -1.95. The van der Waals surface area contributed by atoms with Gasteiger partial charge in [-0.15, -0.1) is 0 Å². The normalized spacial score (nSPS) is 11.0. The van der Waals surface area contributed by atoms with Crippen LogP contribution in [0, 0.1) is 6.92 Å². The Balaban J connectivity index is 2.20. The molecule has 1 aromatic carbocycles. The van der Waals surface area contributed by atoms with Gasteiger partial charge in [0.05, 0.1) is 22.8 Å². The van der Waals surface area contributed by atoms with Gasteiger partial charge in [-0.1, -0.05) is 23.7 Å². The van der Waals surface area contributed by atoms with Crippen molar-refractivity contribution in [2.24, 2.45) is 7.05 Å². The van der Waals surface area contributed by atoms with E-state index in [4.69, 9.17) is 11.6 Å². The molecule has 0 aliphatic rings. The summed E-state index contributed by atoms with van der Waals surface area (Å²) in [6.07, 6.45) is 0.0360. The largest absolute Gasteiger partial charge is 0.435 e. The Labute approximate surface area is 125 Å². The first-order valence-electron chi connectivity index (χ1n) is 6.14. The quantitative estimate of drug-likeness (QED) is 0.794. The third-order valence-electron chi connectivity index (χ3n) is 2.97. The number of benzene rings is 1. The van der Waals surface area contributed by atoms with E-state index in [0.29, 0.717) is 16.4 Å². The Kier molecular flexibility index (Phi) is 4.57. The molecular weight excluding hydrogens is 302 g/mol. The summed E-state index contributed by atoms with van der Waals surface area (Å²) in [5, 5.41) is 4.56. The summed E-state index contributed by atoms with van der Waals surface area (Å²) in [6.45, 7) is -1.18. The van der Waals surface area contributed by atoms with Gasteiger partial charge in [-0.05, 0) is 19.1 Å². The number of aryl methyl sites for hydroxylation is 2. The van der Waals surface area contributed by atoms with Crippen LogP contribution in [0.5, 0.6) is 5.75 Å². The van der Waals surface area contributed by atoms with Crippen LogP contribution < -0.4 is 4.74 Å². The highest BCUT2D eigenvalue weighted by atomic mass is 35.5. The number of halogens is 3. The summed E-state index contributed by atoms with van der Waals surface area (Å²) in [5.41, 5.74) is 1.50. The lowest BCUT2D eigenvalue weighted by molar-refractivity contribution is -0.0498. The van der Waals surface area contributed by atoms with Crippen molar-refractivity contribution >= 4 is 17.4 Å². The zero-order valence-electron chi connectivity index (χ0n) is 11.4. The summed E-state index contributed by atoms with van der Waals surface area (Å²) >= 11 is 6.09. The molecule has 0 spiro atoms. The molecule has 2 aromatic rings. The van der Waals surface area contributed by atoms with Crippen molar-refractivity contribution < 1.29 is 18.3 Å². The van der Waals surface area contributed by atoms with E-state index in [0.717, 1.165) is 0 Å². The van der Waals surface area contributed by atoms with Crippen LogP contribution in [0.2, 0.25) is 5.02 Å². The van der Waals surface area contributed by atoms with E-state index in [1.165, 1.54) is 28.9 Å². The number of alkyl halides is 2. The number of ketones is 1. The number of nitrogens with zero attached hydrogens (tertiary/aromatic N) is 2. The molecule has 0 unspecified atom stereocenters. The van der Waals surface area contributed by atoms with Crippen LogP contribution in [0.1, 0.15) is 21.7 Å². The fraction of sp³-hybridized carbons (Fsp3) is 0.286. The summed E-state index contributed by atoms with van der Waals surface area (Å²) in [4.78, 5) is 12.2. The van der Waals surface area contributed by atoms with Gasteiger partial charge in [0.1, 0.15) is 5.75 Å². The highest BCUT2D eigenvalue weighted by molar-refractivity contribution is 6.32. The molecule has 21 heavy (non-hydrogen) atoms. The highest BCUT2D eigenvalue weighted by Crippen LogP contribution is 2.22. The Morgan fingerprint density at radius 1 is 1.48 bits per heavy atom. The number of carbonyl (C=O) groups excluding carboxylic acids is 1. The van der Waals surface area contributed by atoms with Gasteiger partial charge in [0, 0.05) is 12.6 Å². The molecule has 0 saturated carbocycles. The first-order valence-corrected chi connectivity index (χ1v) is 6.52. The van der Waals surface area contributed by atoms with Crippen molar-refractivity contribution in [3.05, 3.63) is 46.2 Å². The molecule has 0 N–H and O–H groups in total. The van der Waals surface area contributed by atoms with Gasteiger partial charge in [0.15, 0.2) is 5.78 Å². The second kappa shape index (κ2) is 6.22. The summed E-state index contributed by atoms with van der Waals surface area (Å²) in [6, 6.07) is 5.68. The molecule has 0 atom stereocenters. The minimum atomic E-state index is -2.93. The molecule has 0 saturated heterocycles. The standard InChI is InChI=1S/C14H13ClF2N2O2/c1-8-13(15)11(19(2)18-8)7-12(20)9-4-3-5-10(6-9)21-14(16)17/h3-6,14H,7H2,1-2H3. The topological polar surface area (TPSA) is 44.1 Å². The monoisotopic (exact) mass is 314 g/mol. The maximum Gasteiger partial charge on any atom is 0.387 e. The minimum Gasteiger partial charge on any atom is -0.435 e. The van der Waals surface area contributed by atoms with Crippen LogP contribution in [0.25, 0.3) is 0 Å². The van der Waals surface area contributed by atoms with E-state index < -0.39 is 6.61 Å². The van der Waals surface area contributed by atoms with Gasteiger partial charge < -0.3 is 4.74 Å². The molecule has 0 radical (unpaired) electrons. The van der Waals surface area contributed by atoms with Crippen LogP contribution in [0.4, 0.5) is 8.78 Å². The fourth-order valence-electron chi connectivity index (χ4n) is 1.97. The lowest BCUT2D eigenvalue weighted by Crippen LogP contribution is -2.09. The van der Waals surface area contributed by atoms with Gasteiger partial charge in [0.25, 0.3) is 0 Å². The molecule has 7 heteroatoms. The molecule has 1 aromatic heterocycles. The smallest absolute Gasteiger partial charge is 0.387 e. The molecule has 0 aliphatic heterocycles. The number of rotatable bonds is 5. The minimum absolute atomic E-state index is 0.0360. The van der Waals surface area contributed by atoms with E-state index in [9.17, 15) is 13.6 Å². The predicted octanol–water partition coefficient (Wildman–Crippen LogP) is 3.41. The average Bonchev–Trinajstić information content (AvgIpc) is 2.65. The summed E-state index contributed by atoms with van der Waals surface area (Å²) in [5.74, 6) is -0.303. The zero-order chi connectivity index (χ0) is 15.6. The van der Waals surface area contributed by atoms with Crippen LogP contribution in [0.3, 0.4) is 0 Å². The van der Waals surface area contributed by atoms with Gasteiger partial charge in [-0.25, -0.2) is 0 Å². The number of hydrogen-bond donors (Lipinski definition) is 0. The molecular formula is C14H13ClF2N2O2. The van der Waals surface area contributed by atoms with Crippen molar-refractivity contribution in [1.29, 1.82) is 0 Å². The SMILES string of the molecule is Cc1nn(C)c(CC(=O)c2cccc(OC(F)F)c2)c1Cl.